The number of carboxylic acid groups (broad SMARTS) is 1. The van der Waals surface area contributed by atoms with E-state index in [1.54, 1.807) is 37.4 Å². The fourth-order valence-corrected chi connectivity index (χ4v) is 5.67. The maximum absolute atomic E-state index is 12.9. The molecule has 0 radical (unpaired) electrons. The third-order valence-corrected chi connectivity index (χ3v) is 7.39. The number of carbonyl (C=O) groups is 3. The molecule has 2 heterocycles. The number of hydrogen-bond acceptors (Lipinski definition) is 5. The van der Waals surface area contributed by atoms with Crippen LogP contribution in [-0.4, -0.2) is 52.7 Å². The molecular weight excluding hydrogens is 476 g/mol. The van der Waals surface area contributed by atoms with E-state index in [1.165, 1.54) is 32.1 Å². The quantitative estimate of drug-likeness (QED) is 0.483. The highest BCUT2D eigenvalue weighted by Crippen LogP contribution is 2.47. The predicted octanol–water partition coefficient (Wildman–Crippen LogP) is 5.33. The lowest BCUT2D eigenvalue weighted by Crippen LogP contribution is -2.44. The number of ether oxygens (including phenoxy) is 1. The van der Waals surface area contributed by atoms with Gasteiger partial charge in [-0.1, -0.05) is 53.7 Å². The van der Waals surface area contributed by atoms with Crippen LogP contribution in [-0.2, 0) is 14.3 Å². The van der Waals surface area contributed by atoms with Crippen molar-refractivity contribution in [3.05, 3.63) is 65.2 Å². The van der Waals surface area contributed by atoms with Crippen molar-refractivity contribution in [1.29, 1.82) is 0 Å². The van der Waals surface area contributed by atoms with Crippen LogP contribution in [0.3, 0.4) is 0 Å². The van der Waals surface area contributed by atoms with Crippen molar-refractivity contribution >= 4 is 35.3 Å². The zero-order valence-electron chi connectivity index (χ0n) is 20.9. The third kappa shape index (κ3) is 6.10. The summed E-state index contributed by atoms with van der Waals surface area (Å²) >= 11 is 1.79. The Hall–Kier alpha value is -3.26. The number of aliphatic carboxylic acids is 1. The van der Waals surface area contributed by atoms with Crippen LogP contribution >= 0.6 is 11.8 Å². The highest BCUT2D eigenvalue weighted by molar-refractivity contribution is 7.99. The monoisotopic (exact) mass is 508 g/mol. The number of fused-ring (bicyclic) bond motifs is 2. The van der Waals surface area contributed by atoms with Gasteiger partial charge in [-0.15, -0.1) is 0 Å². The minimum atomic E-state index is -1.19. The van der Waals surface area contributed by atoms with Crippen LogP contribution in [0.25, 0.3) is 5.57 Å². The Morgan fingerprint density at radius 1 is 1.00 bits per heavy atom. The highest BCUT2D eigenvalue weighted by Gasteiger charge is 2.29. The molecule has 36 heavy (non-hydrogen) atoms. The standard InChI is InChI=1S/C28H32N2O5S/c1-28(2,3)35-27(34)29-21(26(32)33)12-13-24(31)30-16-14-18(15-17-30)25-19-8-4-6-10-22(19)36-23-11-7-5-9-20(23)25/h4-11,21H,12-17H2,1-3H3,(H,29,34)(H,32,33)/t21-/m0/s1. The summed E-state index contributed by atoms with van der Waals surface area (Å²) in [5, 5.41) is 11.8. The van der Waals surface area contributed by atoms with E-state index in [4.69, 9.17) is 4.74 Å². The van der Waals surface area contributed by atoms with E-state index in [1.807, 2.05) is 0 Å². The van der Waals surface area contributed by atoms with E-state index in [-0.39, 0.29) is 18.7 Å². The summed E-state index contributed by atoms with van der Waals surface area (Å²) in [5.41, 5.74) is 4.37. The average molecular weight is 509 g/mol. The van der Waals surface area contributed by atoms with Gasteiger partial charge in [0.25, 0.3) is 0 Å². The molecule has 1 fully saturated rings. The van der Waals surface area contributed by atoms with E-state index >= 15 is 0 Å². The third-order valence-electron chi connectivity index (χ3n) is 6.24. The van der Waals surface area contributed by atoms with Crippen LogP contribution in [0.1, 0.15) is 57.6 Å². The van der Waals surface area contributed by atoms with Crippen LogP contribution in [0.2, 0.25) is 0 Å². The second kappa shape index (κ2) is 10.8. The first-order chi connectivity index (χ1) is 17.1. The normalized spacial score (nSPS) is 16.0. The van der Waals surface area contributed by atoms with E-state index < -0.39 is 23.7 Å². The van der Waals surface area contributed by atoms with Gasteiger partial charge in [0.2, 0.25) is 5.91 Å². The fourth-order valence-electron chi connectivity index (χ4n) is 4.58. The van der Waals surface area contributed by atoms with Gasteiger partial charge >= 0.3 is 12.1 Å². The Morgan fingerprint density at radius 3 is 2.08 bits per heavy atom. The van der Waals surface area contributed by atoms with E-state index in [0.29, 0.717) is 13.1 Å². The van der Waals surface area contributed by atoms with Crippen LogP contribution in [0.4, 0.5) is 4.79 Å². The molecule has 1 atom stereocenters. The van der Waals surface area contributed by atoms with Crippen molar-refractivity contribution in [1.82, 2.24) is 10.2 Å². The molecule has 7 nitrogen and oxygen atoms in total. The van der Waals surface area contributed by atoms with Gasteiger partial charge in [0.15, 0.2) is 0 Å². The van der Waals surface area contributed by atoms with E-state index in [2.05, 4.69) is 53.8 Å². The molecule has 2 aromatic rings. The summed E-state index contributed by atoms with van der Waals surface area (Å²) in [4.78, 5) is 40.8. The number of rotatable bonds is 5. The lowest BCUT2D eigenvalue weighted by molar-refractivity contribution is -0.140. The van der Waals surface area contributed by atoms with Gasteiger partial charge in [-0.05, 0) is 68.9 Å². The number of carboxylic acids is 1. The number of benzene rings is 2. The Kier molecular flexibility index (Phi) is 7.73. The molecular formula is C28H32N2O5S. The van der Waals surface area contributed by atoms with Gasteiger partial charge in [0.05, 0.1) is 0 Å². The number of likely N-dealkylation sites (tertiary alicyclic amines) is 1. The number of piperidine rings is 1. The molecule has 2 aromatic carbocycles. The largest absolute Gasteiger partial charge is 0.480 e. The maximum atomic E-state index is 12.9. The molecule has 2 amide bonds. The van der Waals surface area contributed by atoms with Crippen LogP contribution in [0, 0.1) is 0 Å². The maximum Gasteiger partial charge on any atom is 0.408 e. The molecule has 0 saturated carbocycles. The fraction of sp³-hybridized carbons (Fsp3) is 0.393. The second-order valence-electron chi connectivity index (χ2n) is 10.0. The molecule has 0 spiro atoms. The predicted molar refractivity (Wildman–Crippen MR) is 139 cm³/mol. The summed E-state index contributed by atoms with van der Waals surface area (Å²) in [6, 6.07) is 15.7. The second-order valence-corrected chi connectivity index (χ2v) is 11.1. The van der Waals surface area contributed by atoms with Crippen molar-refractivity contribution in [3.63, 3.8) is 0 Å². The molecule has 0 aromatic heterocycles. The van der Waals surface area contributed by atoms with Gasteiger partial charge in [0.1, 0.15) is 11.6 Å². The molecule has 0 aliphatic carbocycles. The number of hydrogen-bond donors (Lipinski definition) is 2. The first kappa shape index (κ1) is 25.8. The van der Waals surface area contributed by atoms with Crippen LogP contribution < -0.4 is 5.32 Å². The molecule has 4 rings (SSSR count). The number of amides is 2. The first-order valence-corrected chi connectivity index (χ1v) is 13.0. The molecule has 190 valence electrons. The van der Waals surface area contributed by atoms with Gasteiger partial charge < -0.3 is 20.1 Å². The summed E-state index contributed by atoms with van der Waals surface area (Å²) in [7, 11) is 0. The minimum absolute atomic E-state index is 0.00975. The summed E-state index contributed by atoms with van der Waals surface area (Å²) < 4.78 is 5.15. The number of nitrogens with zero attached hydrogens (tertiary/aromatic N) is 1. The first-order valence-electron chi connectivity index (χ1n) is 12.2. The van der Waals surface area contributed by atoms with E-state index in [9.17, 15) is 19.5 Å². The van der Waals surface area contributed by atoms with Crippen molar-refractivity contribution < 1.29 is 24.2 Å². The number of nitrogens with one attached hydrogen (secondary N) is 1. The molecule has 1 saturated heterocycles. The molecule has 0 unspecified atom stereocenters. The number of alkyl carbamates (subject to hydrolysis) is 1. The lowest BCUT2D eigenvalue weighted by atomic mass is 9.88. The Morgan fingerprint density at radius 2 is 1.56 bits per heavy atom. The van der Waals surface area contributed by atoms with Crippen LogP contribution in [0.15, 0.2) is 63.9 Å². The Bertz CT molecular complexity index is 1140. The van der Waals surface area contributed by atoms with Crippen molar-refractivity contribution in [2.45, 2.75) is 67.9 Å². The average Bonchev–Trinajstić information content (AvgIpc) is 2.83. The SMILES string of the molecule is CC(C)(C)OC(=O)N[C@@H](CCC(=O)N1CCC(=C2c3ccccc3Sc3ccccc32)CC1)C(=O)O. The van der Waals surface area contributed by atoms with Gasteiger partial charge in [-0.3, -0.25) is 4.79 Å². The van der Waals surface area contributed by atoms with Crippen molar-refractivity contribution in [2.24, 2.45) is 0 Å². The molecule has 2 aliphatic heterocycles. The molecule has 8 heteroatoms. The van der Waals surface area contributed by atoms with Gasteiger partial charge in [0, 0.05) is 29.3 Å². The molecule has 2 aliphatic rings. The smallest absolute Gasteiger partial charge is 0.408 e. The molecule has 2 N–H and O–H groups in total. The topological polar surface area (TPSA) is 95.9 Å². The number of carbonyl (C=O) groups excluding carboxylic acids is 2. The highest BCUT2D eigenvalue weighted by atomic mass is 32.2. The van der Waals surface area contributed by atoms with Gasteiger partial charge in [-0.25, -0.2) is 9.59 Å². The lowest BCUT2D eigenvalue weighted by Gasteiger charge is -2.32. The Balaban J connectivity index is 1.40. The zero-order chi connectivity index (χ0) is 25.9. The zero-order valence-corrected chi connectivity index (χ0v) is 21.7. The van der Waals surface area contributed by atoms with Crippen molar-refractivity contribution in [2.75, 3.05) is 13.1 Å². The summed E-state index contributed by atoms with van der Waals surface area (Å²) in [5.74, 6) is -1.29. The van der Waals surface area contributed by atoms with E-state index in [0.717, 1.165) is 12.8 Å². The molecule has 0 bridgehead atoms. The summed E-state index contributed by atoms with van der Waals surface area (Å²) in [6.07, 6.45) is 0.791. The van der Waals surface area contributed by atoms with Crippen LogP contribution in [0.5, 0.6) is 0 Å². The van der Waals surface area contributed by atoms with Gasteiger partial charge in [-0.2, -0.15) is 0 Å². The van der Waals surface area contributed by atoms with Crippen molar-refractivity contribution in [3.8, 4) is 0 Å². The summed E-state index contributed by atoms with van der Waals surface area (Å²) in [6.45, 7) is 6.29. The minimum Gasteiger partial charge on any atom is -0.480 e. The Labute approximate surface area is 215 Å².